The van der Waals surface area contributed by atoms with E-state index in [0.29, 0.717) is 32.0 Å². The van der Waals surface area contributed by atoms with Crippen LogP contribution < -0.4 is 10.2 Å². The van der Waals surface area contributed by atoms with Gasteiger partial charge in [0.2, 0.25) is 0 Å². The van der Waals surface area contributed by atoms with Gasteiger partial charge in [0.05, 0.1) is 23.7 Å². The third kappa shape index (κ3) is 4.44. The Bertz CT molecular complexity index is 682. The average molecular weight is 349 g/mol. The molecule has 9 nitrogen and oxygen atoms in total. The lowest BCUT2D eigenvalue weighted by Crippen LogP contribution is -2.36. The Balaban J connectivity index is 1.68. The molecule has 1 aliphatic heterocycles. The summed E-state index contributed by atoms with van der Waals surface area (Å²) in [5.74, 6) is -1.13. The van der Waals surface area contributed by atoms with E-state index in [1.807, 2.05) is 4.90 Å². The Kier molecular flexibility index (Phi) is 5.13. The maximum absolute atomic E-state index is 12.1. The molecule has 0 aromatic heterocycles. The van der Waals surface area contributed by atoms with Gasteiger partial charge in [-0.25, -0.2) is 4.79 Å². The normalized spacial score (nSPS) is 17.0. The molecule has 1 aliphatic carbocycles. The number of esters is 1. The first-order valence-electron chi connectivity index (χ1n) is 8.12. The van der Waals surface area contributed by atoms with Crippen LogP contribution in [0.5, 0.6) is 0 Å². The standard InChI is InChI=1S/C16H19N3O6/c20-15(17-12-2-3-12)10-25-16(21)11-1-4-13(14(9-11)19(22)23)18-5-7-24-8-6-18/h1,4,9,12H,2-3,5-8,10H2,(H,17,20). The molecule has 1 saturated carbocycles. The van der Waals surface area contributed by atoms with Crippen LogP contribution in [0.15, 0.2) is 18.2 Å². The van der Waals surface area contributed by atoms with Crippen molar-refractivity contribution in [2.75, 3.05) is 37.8 Å². The molecule has 9 heteroatoms. The molecule has 2 aliphatic rings. The molecule has 1 N–H and O–H groups in total. The molecule has 0 unspecified atom stereocenters. The van der Waals surface area contributed by atoms with Crippen LogP contribution in [0.25, 0.3) is 0 Å². The number of anilines is 1. The summed E-state index contributed by atoms with van der Waals surface area (Å²) in [5, 5.41) is 14.1. The van der Waals surface area contributed by atoms with E-state index in [1.165, 1.54) is 18.2 Å². The van der Waals surface area contributed by atoms with E-state index in [0.717, 1.165) is 12.8 Å². The van der Waals surface area contributed by atoms with Gasteiger partial charge in [-0.3, -0.25) is 14.9 Å². The largest absolute Gasteiger partial charge is 0.452 e. The monoisotopic (exact) mass is 349 g/mol. The van der Waals surface area contributed by atoms with Crippen molar-refractivity contribution in [2.45, 2.75) is 18.9 Å². The highest BCUT2D eigenvalue weighted by atomic mass is 16.6. The van der Waals surface area contributed by atoms with Gasteiger partial charge in [-0.1, -0.05) is 0 Å². The van der Waals surface area contributed by atoms with E-state index in [-0.39, 0.29) is 23.2 Å². The number of ether oxygens (including phenoxy) is 2. The molecule has 1 heterocycles. The molecule has 0 bridgehead atoms. The topological polar surface area (TPSA) is 111 Å². The third-order valence-electron chi connectivity index (χ3n) is 4.04. The Labute approximate surface area is 144 Å². The van der Waals surface area contributed by atoms with Gasteiger partial charge in [0, 0.05) is 25.2 Å². The molecular formula is C16H19N3O6. The summed E-state index contributed by atoms with van der Waals surface area (Å²) < 4.78 is 10.2. The second-order valence-electron chi connectivity index (χ2n) is 5.98. The predicted octanol–water partition coefficient (Wildman–Crippen LogP) is 0.867. The lowest BCUT2D eigenvalue weighted by molar-refractivity contribution is -0.384. The number of rotatable bonds is 6. The number of nitrogens with zero attached hydrogens (tertiary/aromatic N) is 2. The predicted molar refractivity (Wildman–Crippen MR) is 87.6 cm³/mol. The minimum Gasteiger partial charge on any atom is -0.452 e. The van der Waals surface area contributed by atoms with Crippen LogP contribution >= 0.6 is 0 Å². The maximum Gasteiger partial charge on any atom is 0.338 e. The van der Waals surface area contributed by atoms with Gasteiger partial charge in [-0.05, 0) is 25.0 Å². The Morgan fingerprint density at radius 3 is 2.68 bits per heavy atom. The summed E-state index contributed by atoms with van der Waals surface area (Å²) in [6.45, 7) is 1.69. The van der Waals surface area contributed by atoms with Gasteiger partial charge in [0.1, 0.15) is 5.69 Å². The van der Waals surface area contributed by atoms with E-state index in [9.17, 15) is 19.7 Å². The molecule has 0 radical (unpaired) electrons. The van der Waals surface area contributed by atoms with Crippen LogP contribution in [0.2, 0.25) is 0 Å². The van der Waals surface area contributed by atoms with Crippen LogP contribution in [-0.4, -0.2) is 55.8 Å². The van der Waals surface area contributed by atoms with Crippen molar-refractivity contribution in [1.82, 2.24) is 5.32 Å². The van der Waals surface area contributed by atoms with Crippen molar-refractivity contribution in [2.24, 2.45) is 0 Å². The molecule has 1 aromatic rings. The minimum absolute atomic E-state index is 0.0444. The summed E-state index contributed by atoms with van der Waals surface area (Å²) in [6.07, 6.45) is 1.88. The van der Waals surface area contributed by atoms with Gasteiger partial charge in [0.15, 0.2) is 6.61 Å². The molecule has 2 fully saturated rings. The van der Waals surface area contributed by atoms with Gasteiger partial charge < -0.3 is 19.7 Å². The fourth-order valence-corrected chi connectivity index (χ4v) is 2.58. The second-order valence-corrected chi connectivity index (χ2v) is 5.98. The zero-order valence-electron chi connectivity index (χ0n) is 13.6. The minimum atomic E-state index is -0.762. The number of benzene rings is 1. The molecule has 0 spiro atoms. The SMILES string of the molecule is O=C(COC(=O)c1ccc(N2CCOCC2)c([N+](=O)[O-])c1)NC1CC1. The van der Waals surface area contributed by atoms with E-state index in [4.69, 9.17) is 9.47 Å². The number of nitrogens with one attached hydrogen (secondary N) is 1. The van der Waals surface area contributed by atoms with Crippen molar-refractivity contribution >= 4 is 23.3 Å². The van der Waals surface area contributed by atoms with Crippen LogP contribution in [-0.2, 0) is 14.3 Å². The molecular weight excluding hydrogens is 330 g/mol. The van der Waals surface area contributed by atoms with E-state index in [1.54, 1.807) is 0 Å². The lowest BCUT2D eigenvalue weighted by atomic mass is 10.1. The number of hydrogen-bond donors (Lipinski definition) is 1. The molecule has 134 valence electrons. The van der Waals surface area contributed by atoms with Crippen molar-refractivity contribution in [3.8, 4) is 0 Å². The number of carbonyl (C=O) groups is 2. The second kappa shape index (κ2) is 7.47. The van der Waals surface area contributed by atoms with Crippen LogP contribution in [0.4, 0.5) is 11.4 Å². The van der Waals surface area contributed by atoms with Gasteiger partial charge in [0.25, 0.3) is 11.6 Å². The number of morpholine rings is 1. The maximum atomic E-state index is 12.1. The van der Waals surface area contributed by atoms with Crippen molar-refractivity contribution < 1.29 is 24.0 Å². The molecule has 25 heavy (non-hydrogen) atoms. The van der Waals surface area contributed by atoms with Gasteiger partial charge >= 0.3 is 5.97 Å². The zero-order valence-corrected chi connectivity index (χ0v) is 13.6. The summed E-state index contributed by atoms with van der Waals surface area (Å²) >= 11 is 0. The number of nitro groups is 1. The van der Waals surface area contributed by atoms with Gasteiger partial charge in [-0.15, -0.1) is 0 Å². The lowest BCUT2D eigenvalue weighted by Gasteiger charge is -2.28. The Morgan fingerprint density at radius 1 is 1.32 bits per heavy atom. The van der Waals surface area contributed by atoms with Crippen molar-refractivity contribution in [3.63, 3.8) is 0 Å². The summed E-state index contributed by atoms with van der Waals surface area (Å²) in [7, 11) is 0. The highest BCUT2D eigenvalue weighted by Gasteiger charge is 2.25. The highest BCUT2D eigenvalue weighted by Crippen LogP contribution is 2.30. The highest BCUT2D eigenvalue weighted by molar-refractivity contribution is 5.93. The Hall–Kier alpha value is -2.68. The first kappa shape index (κ1) is 17.2. The summed E-state index contributed by atoms with van der Waals surface area (Å²) in [4.78, 5) is 36.3. The molecule has 1 amide bonds. The quantitative estimate of drug-likeness (QED) is 0.461. The number of carbonyl (C=O) groups excluding carboxylic acids is 2. The van der Waals surface area contributed by atoms with Crippen molar-refractivity contribution in [1.29, 1.82) is 0 Å². The zero-order chi connectivity index (χ0) is 17.8. The fourth-order valence-electron chi connectivity index (χ4n) is 2.58. The molecule has 3 rings (SSSR count). The summed E-state index contributed by atoms with van der Waals surface area (Å²) in [6, 6.07) is 4.37. The number of hydrogen-bond acceptors (Lipinski definition) is 7. The first-order chi connectivity index (χ1) is 12.0. The summed E-state index contributed by atoms with van der Waals surface area (Å²) in [5.41, 5.74) is 0.318. The third-order valence-corrected chi connectivity index (χ3v) is 4.04. The average Bonchev–Trinajstić information content (AvgIpc) is 3.43. The molecule has 0 atom stereocenters. The van der Waals surface area contributed by atoms with E-state index >= 15 is 0 Å². The number of nitro benzene ring substituents is 1. The Morgan fingerprint density at radius 2 is 2.04 bits per heavy atom. The molecule has 1 aromatic carbocycles. The van der Waals surface area contributed by atoms with Crippen molar-refractivity contribution in [3.05, 3.63) is 33.9 Å². The van der Waals surface area contributed by atoms with Crippen LogP contribution in [0.3, 0.4) is 0 Å². The van der Waals surface area contributed by atoms with Crippen LogP contribution in [0, 0.1) is 10.1 Å². The van der Waals surface area contributed by atoms with E-state index in [2.05, 4.69) is 5.32 Å². The first-order valence-corrected chi connectivity index (χ1v) is 8.12. The van der Waals surface area contributed by atoms with Crippen LogP contribution in [0.1, 0.15) is 23.2 Å². The van der Waals surface area contributed by atoms with Gasteiger partial charge in [-0.2, -0.15) is 0 Å². The van der Waals surface area contributed by atoms with E-state index < -0.39 is 17.5 Å². The fraction of sp³-hybridized carbons (Fsp3) is 0.500. The molecule has 1 saturated heterocycles. The number of amides is 1. The smallest absolute Gasteiger partial charge is 0.338 e.